The lowest BCUT2D eigenvalue weighted by Gasteiger charge is -2.02. The monoisotopic (exact) mass is 192 g/mol. The van der Waals surface area contributed by atoms with Crippen LogP contribution in [0.1, 0.15) is 18.9 Å². The molecule has 0 aliphatic rings. The first-order chi connectivity index (χ1) is 6.86. The molecule has 3 nitrogen and oxygen atoms in total. The Bertz CT molecular complexity index is 297. The van der Waals surface area contributed by atoms with Gasteiger partial charge in [-0.15, -0.1) is 0 Å². The molecule has 1 heterocycles. The fourth-order valence-electron chi connectivity index (χ4n) is 1.09. The number of aromatic nitrogens is 1. The maximum atomic E-state index is 5.38. The molecule has 0 spiro atoms. The minimum Gasteiger partial charge on any atom is -0.492 e. The fourth-order valence-corrected chi connectivity index (χ4v) is 1.09. The van der Waals surface area contributed by atoms with Crippen LogP contribution in [0.2, 0.25) is 0 Å². The number of nitrogens with zero attached hydrogens (tertiary/aromatic N) is 1. The van der Waals surface area contributed by atoms with E-state index in [1.807, 2.05) is 25.1 Å². The van der Waals surface area contributed by atoms with Crippen molar-refractivity contribution in [2.24, 2.45) is 5.73 Å². The Morgan fingerprint density at radius 1 is 1.50 bits per heavy atom. The number of nitrogens with two attached hydrogens (primary N) is 1. The third-order valence-corrected chi connectivity index (χ3v) is 1.69. The van der Waals surface area contributed by atoms with E-state index in [4.69, 9.17) is 10.5 Å². The molecule has 0 bridgehead atoms. The van der Waals surface area contributed by atoms with E-state index in [0.717, 1.165) is 17.7 Å². The molecule has 0 saturated carbocycles. The molecular weight excluding hydrogens is 176 g/mol. The van der Waals surface area contributed by atoms with Crippen molar-refractivity contribution in [3.8, 4) is 5.75 Å². The van der Waals surface area contributed by atoms with Gasteiger partial charge in [0.15, 0.2) is 0 Å². The van der Waals surface area contributed by atoms with Gasteiger partial charge in [0.2, 0.25) is 0 Å². The van der Waals surface area contributed by atoms with Crippen molar-refractivity contribution < 1.29 is 4.74 Å². The first-order valence-electron chi connectivity index (χ1n) is 4.81. The number of ether oxygens (including phenoxy) is 1. The summed E-state index contributed by atoms with van der Waals surface area (Å²) in [4.78, 5) is 4.07. The maximum absolute atomic E-state index is 5.38. The lowest BCUT2D eigenvalue weighted by Crippen LogP contribution is -1.95. The Labute approximate surface area is 84.6 Å². The number of rotatable bonds is 5. The van der Waals surface area contributed by atoms with Crippen LogP contribution in [0.5, 0.6) is 5.75 Å². The normalized spacial score (nSPS) is 10.7. The van der Waals surface area contributed by atoms with Crippen LogP contribution >= 0.6 is 0 Å². The average molecular weight is 192 g/mol. The zero-order chi connectivity index (χ0) is 10.2. The lowest BCUT2D eigenvalue weighted by molar-refractivity contribution is 0.339. The first kappa shape index (κ1) is 10.7. The van der Waals surface area contributed by atoms with Crippen molar-refractivity contribution in [1.29, 1.82) is 0 Å². The smallest absolute Gasteiger partial charge is 0.138 e. The van der Waals surface area contributed by atoms with E-state index in [1.165, 1.54) is 0 Å². The zero-order valence-electron chi connectivity index (χ0n) is 8.44. The second kappa shape index (κ2) is 6.16. The highest BCUT2D eigenvalue weighted by Crippen LogP contribution is 2.12. The summed E-state index contributed by atoms with van der Waals surface area (Å²) in [6.45, 7) is 3.30. The summed E-state index contributed by atoms with van der Waals surface area (Å²) in [5.41, 5.74) is 6.42. The molecule has 0 radical (unpaired) electrons. The summed E-state index contributed by atoms with van der Waals surface area (Å²) in [6.07, 6.45) is 8.44. The number of hydrogen-bond donors (Lipinski definition) is 1. The van der Waals surface area contributed by atoms with Crippen molar-refractivity contribution in [2.45, 2.75) is 13.3 Å². The van der Waals surface area contributed by atoms with Crippen LogP contribution in [-0.4, -0.2) is 18.1 Å². The van der Waals surface area contributed by atoms with Crippen LogP contribution in [0, 0.1) is 0 Å². The summed E-state index contributed by atoms with van der Waals surface area (Å²) in [5, 5.41) is 0. The summed E-state index contributed by atoms with van der Waals surface area (Å²) in [6, 6.07) is 1.96. The third-order valence-electron chi connectivity index (χ3n) is 1.69. The van der Waals surface area contributed by atoms with E-state index in [2.05, 4.69) is 4.98 Å². The standard InChI is InChI=1S/C11H16N2O/c1-2-14-11-7-10(8-13-9-11)5-3-4-6-12/h3,5,7-9H,2,4,6,12H2,1H3. The van der Waals surface area contributed by atoms with E-state index >= 15 is 0 Å². The third kappa shape index (κ3) is 3.58. The highest BCUT2D eigenvalue weighted by Gasteiger charge is 1.93. The van der Waals surface area contributed by atoms with Gasteiger partial charge in [-0.05, 0) is 31.5 Å². The minimum atomic E-state index is 0.664. The molecular formula is C11H16N2O. The Morgan fingerprint density at radius 2 is 2.36 bits per heavy atom. The molecule has 0 fully saturated rings. The van der Waals surface area contributed by atoms with Crippen LogP contribution in [0.4, 0.5) is 0 Å². The summed E-state index contributed by atoms with van der Waals surface area (Å²) in [5.74, 6) is 0.808. The lowest BCUT2D eigenvalue weighted by atomic mass is 10.2. The van der Waals surface area contributed by atoms with Gasteiger partial charge < -0.3 is 10.5 Å². The Kier molecular flexibility index (Phi) is 4.72. The van der Waals surface area contributed by atoms with Gasteiger partial charge in [0, 0.05) is 6.20 Å². The second-order valence-corrected chi connectivity index (χ2v) is 2.87. The molecule has 0 aliphatic carbocycles. The average Bonchev–Trinajstić information content (AvgIpc) is 2.19. The topological polar surface area (TPSA) is 48.1 Å². The van der Waals surface area contributed by atoms with Gasteiger partial charge in [0.25, 0.3) is 0 Å². The highest BCUT2D eigenvalue weighted by atomic mass is 16.5. The van der Waals surface area contributed by atoms with Gasteiger partial charge in [0.05, 0.1) is 12.8 Å². The van der Waals surface area contributed by atoms with Crippen LogP contribution in [-0.2, 0) is 0 Å². The molecule has 14 heavy (non-hydrogen) atoms. The van der Waals surface area contributed by atoms with E-state index in [1.54, 1.807) is 12.4 Å². The largest absolute Gasteiger partial charge is 0.492 e. The molecule has 3 heteroatoms. The van der Waals surface area contributed by atoms with Crippen LogP contribution in [0.25, 0.3) is 6.08 Å². The van der Waals surface area contributed by atoms with E-state index in [-0.39, 0.29) is 0 Å². The minimum absolute atomic E-state index is 0.664. The molecule has 1 aromatic rings. The van der Waals surface area contributed by atoms with E-state index in [0.29, 0.717) is 13.2 Å². The molecule has 2 N–H and O–H groups in total. The first-order valence-corrected chi connectivity index (χ1v) is 4.81. The maximum Gasteiger partial charge on any atom is 0.138 e. The molecule has 0 unspecified atom stereocenters. The van der Waals surface area contributed by atoms with Crippen LogP contribution in [0.3, 0.4) is 0 Å². The molecule has 76 valence electrons. The Morgan fingerprint density at radius 3 is 3.07 bits per heavy atom. The van der Waals surface area contributed by atoms with Crippen molar-refractivity contribution >= 4 is 6.08 Å². The highest BCUT2D eigenvalue weighted by molar-refractivity contribution is 5.49. The SMILES string of the molecule is CCOc1cncc(C=CCCN)c1. The predicted molar refractivity (Wildman–Crippen MR) is 58.1 cm³/mol. The van der Waals surface area contributed by atoms with Crippen molar-refractivity contribution in [3.05, 3.63) is 30.1 Å². The van der Waals surface area contributed by atoms with Crippen molar-refractivity contribution in [1.82, 2.24) is 4.98 Å². The Hall–Kier alpha value is -1.35. The zero-order valence-corrected chi connectivity index (χ0v) is 8.44. The number of hydrogen-bond acceptors (Lipinski definition) is 3. The van der Waals surface area contributed by atoms with Gasteiger partial charge in [-0.2, -0.15) is 0 Å². The van der Waals surface area contributed by atoms with Gasteiger partial charge in [-0.1, -0.05) is 12.2 Å². The molecule has 0 aromatic carbocycles. The molecule has 1 aromatic heterocycles. The van der Waals surface area contributed by atoms with Crippen LogP contribution in [0.15, 0.2) is 24.5 Å². The van der Waals surface area contributed by atoms with Gasteiger partial charge in [0.1, 0.15) is 5.75 Å². The quantitative estimate of drug-likeness (QED) is 0.774. The van der Waals surface area contributed by atoms with Gasteiger partial charge in [-0.25, -0.2) is 0 Å². The molecule has 0 amide bonds. The fraction of sp³-hybridized carbons (Fsp3) is 0.364. The summed E-state index contributed by atoms with van der Waals surface area (Å²) in [7, 11) is 0. The summed E-state index contributed by atoms with van der Waals surface area (Å²) < 4.78 is 5.33. The van der Waals surface area contributed by atoms with E-state index in [9.17, 15) is 0 Å². The molecule has 0 aliphatic heterocycles. The van der Waals surface area contributed by atoms with E-state index < -0.39 is 0 Å². The van der Waals surface area contributed by atoms with Gasteiger partial charge in [-0.3, -0.25) is 4.98 Å². The van der Waals surface area contributed by atoms with Crippen molar-refractivity contribution in [2.75, 3.05) is 13.2 Å². The second-order valence-electron chi connectivity index (χ2n) is 2.87. The van der Waals surface area contributed by atoms with Crippen molar-refractivity contribution in [3.63, 3.8) is 0 Å². The molecule has 0 saturated heterocycles. The van der Waals surface area contributed by atoms with Gasteiger partial charge >= 0.3 is 0 Å². The molecule has 1 rings (SSSR count). The summed E-state index contributed by atoms with van der Waals surface area (Å²) >= 11 is 0. The Balaban J connectivity index is 2.63. The number of pyridine rings is 1. The molecule has 0 atom stereocenters. The van der Waals surface area contributed by atoms with Crippen LogP contribution < -0.4 is 10.5 Å². The predicted octanol–water partition coefficient (Wildman–Crippen LogP) is 1.84.